The maximum Gasteiger partial charge on any atom is 0.344 e. The summed E-state index contributed by atoms with van der Waals surface area (Å²) >= 11 is 0. The molecule has 0 saturated carbocycles. The molecule has 0 radical (unpaired) electrons. The fourth-order valence-electron chi connectivity index (χ4n) is 3.98. The monoisotopic (exact) mass is 442 g/mol. The van der Waals surface area contributed by atoms with Crippen LogP contribution in [-0.2, 0) is 11.2 Å². The van der Waals surface area contributed by atoms with Crippen LogP contribution in [0.3, 0.4) is 0 Å². The lowest BCUT2D eigenvalue weighted by Gasteiger charge is -2.09. The SMILES string of the molecule is COc1ccc2[nH]cc(CCNC(=O)COc3ccc4c(c3)oc(=O)c3ccccc34)c2c1. The highest BCUT2D eigenvalue weighted by Crippen LogP contribution is 2.26. The van der Waals surface area contributed by atoms with Crippen molar-refractivity contribution in [3.05, 3.63) is 82.8 Å². The van der Waals surface area contributed by atoms with Crippen LogP contribution in [0.2, 0.25) is 0 Å². The molecule has 5 aromatic rings. The van der Waals surface area contributed by atoms with Gasteiger partial charge >= 0.3 is 5.63 Å². The third-order valence-corrected chi connectivity index (χ3v) is 5.65. The average molecular weight is 442 g/mol. The van der Waals surface area contributed by atoms with Crippen molar-refractivity contribution in [3.8, 4) is 11.5 Å². The molecule has 0 spiro atoms. The molecule has 0 aliphatic heterocycles. The maximum atomic E-state index is 12.3. The lowest BCUT2D eigenvalue weighted by atomic mass is 10.1. The third kappa shape index (κ3) is 4.13. The van der Waals surface area contributed by atoms with Gasteiger partial charge in [0.15, 0.2) is 6.61 Å². The molecule has 0 atom stereocenters. The number of hydrogen-bond donors (Lipinski definition) is 2. The Morgan fingerprint density at radius 2 is 1.79 bits per heavy atom. The van der Waals surface area contributed by atoms with Crippen LogP contribution < -0.4 is 20.4 Å². The molecule has 0 fully saturated rings. The molecule has 5 rings (SSSR count). The zero-order valence-electron chi connectivity index (χ0n) is 18.0. The molecule has 0 aliphatic rings. The standard InChI is InChI=1S/C26H22N2O5/c1-31-17-7-9-23-22(12-17)16(14-28-23)10-11-27-25(29)15-32-18-6-8-20-19-4-2-3-5-21(19)26(30)33-24(20)13-18/h2-9,12-14,28H,10-11,15H2,1H3,(H,27,29). The molecule has 1 amide bonds. The summed E-state index contributed by atoms with van der Waals surface area (Å²) in [4.78, 5) is 27.7. The van der Waals surface area contributed by atoms with Gasteiger partial charge in [0.05, 0.1) is 12.5 Å². The Balaban J connectivity index is 1.21. The first kappa shape index (κ1) is 20.6. The number of aromatic amines is 1. The maximum absolute atomic E-state index is 12.3. The predicted molar refractivity (Wildman–Crippen MR) is 127 cm³/mol. The van der Waals surface area contributed by atoms with Gasteiger partial charge in [-0.15, -0.1) is 0 Å². The topological polar surface area (TPSA) is 93.6 Å². The summed E-state index contributed by atoms with van der Waals surface area (Å²) < 4.78 is 16.3. The number of amides is 1. The van der Waals surface area contributed by atoms with Crippen LogP contribution in [-0.4, -0.2) is 31.2 Å². The summed E-state index contributed by atoms with van der Waals surface area (Å²) in [5.74, 6) is 1.02. The van der Waals surface area contributed by atoms with E-state index in [0.717, 1.165) is 33.0 Å². The summed E-state index contributed by atoms with van der Waals surface area (Å²) in [6, 6.07) is 18.4. The van der Waals surface area contributed by atoms with E-state index in [0.29, 0.717) is 29.7 Å². The van der Waals surface area contributed by atoms with Gasteiger partial charge in [-0.1, -0.05) is 18.2 Å². The fraction of sp³-hybridized carbons (Fsp3) is 0.154. The van der Waals surface area contributed by atoms with Crippen molar-refractivity contribution in [2.24, 2.45) is 0 Å². The summed E-state index contributed by atoms with van der Waals surface area (Å²) in [5.41, 5.74) is 2.15. The normalized spacial score (nSPS) is 11.2. The van der Waals surface area contributed by atoms with E-state index in [1.807, 2.05) is 42.6 Å². The van der Waals surface area contributed by atoms with E-state index in [9.17, 15) is 9.59 Å². The Kier molecular flexibility index (Phi) is 5.44. The first-order valence-electron chi connectivity index (χ1n) is 10.6. The van der Waals surface area contributed by atoms with Gasteiger partial charge in [0.1, 0.15) is 17.1 Å². The molecule has 2 N–H and O–H groups in total. The molecular formula is C26H22N2O5. The average Bonchev–Trinajstić information content (AvgIpc) is 3.25. The van der Waals surface area contributed by atoms with Gasteiger partial charge in [-0.05, 0) is 53.8 Å². The van der Waals surface area contributed by atoms with E-state index in [1.54, 1.807) is 31.4 Å². The second-order valence-electron chi connectivity index (χ2n) is 7.71. The second-order valence-corrected chi connectivity index (χ2v) is 7.71. The van der Waals surface area contributed by atoms with Crippen LogP contribution in [0, 0.1) is 0 Å². The van der Waals surface area contributed by atoms with Gasteiger partial charge in [-0.25, -0.2) is 4.79 Å². The quantitative estimate of drug-likeness (QED) is 0.291. The number of carbonyl (C=O) groups is 1. The first-order chi connectivity index (χ1) is 16.1. The molecule has 2 aromatic heterocycles. The molecular weight excluding hydrogens is 420 g/mol. The highest BCUT2D eigenvalue weighted by Gasteiger charge is 2.10. The Morgan fingerprint density at radius 1 is 0.970 bits per heavy atom. The number of methoxy groups -OCH3 is 1. The highest BCUT2D eigenvalue weighted by molar-refractivity contribution is 6.04. The second kappa shape index (κ2) is 8.70. The number of carbonyl (C=O) groups excluding carboxylic acids is 1. The Morgan fingerprint density at radius 3 is 2.64 bits per heavy atom. The van der Waals surface area contributed by atoms with Crippen molar-refractivity contribution in [2.45, 2.75) is 6.42 Å². The third-order valence-electron chi connectivity index (χ3n) is 5.65. The summed E-state index contributed by atoms with van der Waals surface area (Å²) in [6.07, 6.45) is 2.62. The van der Waals surface area contributed by atoms with E-state index in [4.69, 9.17) is 13.9 Å². The van der Waals surface area contributed by atoms with Gasteiger partial charge in [0.25, 0.3) is 5.91 Å². The van der Waals surface area contributed by atoms with Crippen LogP contribution in [0.4, 0.5) is 0 Å². The summed E-state index contributed by atoms with van der Waals surface area (Å²) in [5, 5.41) is 6.12. The van der Waals surface area contributed by atoms with Gasteiger partial charge in [-0.3, -0.25) is 4.79 Å². The van der Waals surface area contributed by atoms with Crippen LogP contribution >= 0.6 is 0 Å². The number of rotatable bonds is 7. The number of ether oxygens (including phenoxy) is 2. The first-order valence-corrected chi connectivity index (χ1v) is 10.6. The van der Waals surface area contributed by atoms with Crippen LogP contribution in [0.15, 0.2) is 76.1 Å². The zero-order chi connectivity index (χ0) is 22.8. The van der Waals surface area contributed by atoms with Crippen LogP contribution in [0.1, 0.15) is 5.56 Å². The van der Waals surface area contributed by atoms with E-state index in [-0.39, 0.29) is 12.5 Å². The highest BCUT2D eigenvalue weighted by atomic mass is 16.5. The van der Waals surface area contributed by atoms with Gasteiger partial charge < -0.3 is 24.2 Å². The van der Waals surface area contributed by atoms with Crippen molar-refractivity contribution in [2.75, 3.05) is 20.3 Å². The lowest BCUT2D eigenvalue weighted by molar-refractivity contribution is -0.123. The number of benzene rings is 3. The van der Waals surface area contributed by atoms with E-state index >= 15 is 0 Å². The molecule has 7 heteroatoms. The number of H-pyrrole nitrogens is 1. The minimum atomic E-state index is -0.400. The Labute approximate surface area is 188 Å². The van der Waals surface area contributed by atoms with Crippen LogP contribution in [0.5, 0.6) is 11.5 Å². The van der Waals surface area contributed by atoms with Crippen molar-refractivity contribution in [3.63, 3.8) is 0 Å². The number of nitrogens with one attached hydrogen (secondary N) is 2. The minimum absolute atomic E-state index is 0.134. The molecule has 0 aliphatic carbocycles. The predicted octanol–water partition coefficient (Wildman–Crippen LogP) is 4.17. The molecule has 0 bridgehead atoms. The van der Waals surface area contributed by atoms with Crippen LogP contribution in [0.25, 0.3) is 32.6 Å². The van der Waals surface area contributed by atoms with E-state index in [2.05, 4.69) is 10.3 Å². The molecule has 166 valence electrons. The zero-order valence-corrected chi connectivity index (χ0v) is 18.0. The van der Waals surface area contributed by atoms with E-state index < -0.39 is 5.63 Å². The number of fused-ring (bicyclic) bond motifs is 4. The molecule has 3 aromatic carbocycles. The van der Waals surface area contributed by atoms with Crippen molar-refractivity contribution in [1.82, 2.24) is 10.3 Å². The smallest absolute Gasteiger partial charge is 0.344 e. The van der Waals surface area contributed by atoms with Gasteiger partial charge in [0.2, 0.25) is 0 Å². The number of aromatic nitrogens is 1. The van der Waals surface area contributed by atoms with Gasteiger partial charge in [-0.2, -0.15) is 0 Å². The lowest BCUT2D eigenvalue weighted by Crippen LogP contribution is -2.30. The van der Waals surface area contributed by atoms with Gasteiger partial charge in [0, 0.05) is 35.1 Å². The largest absolute Gasteiger partial charge is 0.497 e. The number of hydrogen-bond acceptors (Lipinski definition) is 5. The van der Waals surface area contributed by atoms with Crippen molar-refractivity contribution >= 4 is 38.6 Å². The molecule has 0 unspecified atom stereocenters. The molecule has 33 heavy (non-hydrogen) atoms. The minimum Gasteiger partial charge on any atom is -0.497 e. The summed E-state index contributed by atoms with van der Waals surface area (Å²) in [6.45, 7) is 0.343. The Bertz CT molecular complexity index is 1530. The van der Waals surface area contributed by atoms with Crippen molar-refractivity contribution in [1.29, 1.82) is 0 Å². The van der Waals surface area contributed by atoms with Crippen molar-refractivity contribution < 1.29 is 18.7 Å². The molecule has 2 heterocycles. The van der Waals surface area contributed by atoms with E-state index in [1.165, 1.54) is 0 Å². The fourth-order valence-corrected chi connectivity index (χ4v) is 3.98. The summed E-state index contributed by atoms with van der Waals surface area (Å²) in [7, 11) is 1.64. The Hall–Kier alpha value is -4.26. The molecule has 7 nitrogen and oxygen atoms in total. The molecule has 0 saturated heterocycles.